The van der Waals surface area contributed by atoms with Gasteiger partial charge in [-0.2, -0.15) is 5.10 Å². The smallest absolute Gasteiger partial charge is 0.0984 e. The van der Waals surface area contributed by atoms with E-state index in [9.17, 15) is 0 Å². The Labute approximate surface area is 89.6 Å². The topological polar surface area (TPSA) is 39.1 Å². The highest BCUT2D eigenvalue weighted by Gasteiger charge is 2.36. The number of hydrogen-bond acceptors (Lipinski definition) is 3. The molecule has 0 bridgehead atoms. The molecule has 15 heavy (non-hydrogen) atoms. The molecule has 4 nitrogen and oxygen atoms in total. The maximum atomic E-state index is 6.09. The van der Waals surface area contributed by atoms with E-state index in [4.69, 9.17) is 4.74 Å². The van der Waals surface area contributed by atoms with Gasteiger partial charge in [-0.05, 0) is 18.8 Å². The quantitative estimate of drug-likeness (QED) is 0.781. The van der Waals surface area contributed by atoms with Crippen molar-refractivity contribution >= 4 is 0 Å². The van der Waals surface area contributed by atoms with Crippen LogP contribution in [0.4, 0.5) is 0 Å². The molecule has 2 heterocycles. The van der Waals surface area contributed by atoms with Gasteiger partial charge < -0.3 is 10.1 Å². The molecule has 1 aliphatic heterocycles. The Morgan fingerprint density at radius 3 is 3.00 bits per heavy atom. The van der Waals surface area contributed by atoms with E-state index in [0.717, 1.165) is 19.0 Å². The highest BCUT2D eigenvalue weighted by atomic mass is 16.5. The van der Waals surface area contributed by atoms with Crippen molar-refractivity contribution in [2.24, 2.45) is 13.0 Å². The van der Waals surface area contributed by atoms with Crippen molar-refractivity contribution in [3.63, 3.8) is 0 Å². The summed E-state index contributed by atoms with van der Waals surface area (Å²) >= 11 is 0. The van der Waals surface area contributed by atoms with Gasteiger partial charge in [0.25, 0.3) is 0 Å². The highest BCUT2D eigenvalue weighted by molar-refractivity contribution is 5.10. The van der Waals surface area contributed by atoms with Gasteiger partial charge in [0.05, 0.1) is 18.4 Å². The van der Waals surface area contributed by atoms with E-state index < -0.39 is 0 Å². The summed E-state index contributed by atoms with van der Waals surface area (Å²) in [6, 6.07) is 0. The first kappa shape index (κ1) is 9.36. The van der Waals surface area contributed by atoms with Crippen LogP contribution in [0.15, 0.2) is 12.4 Å². The van der Waals surface area contributed by atoms with Crippen LogP contribution in [0.5, 0.6) is 0 Å². The summed E-state index contributed by atoms with van der Waals surface area (Å²) in [5.74, 6) is 0.803. The average molecular weight is 207 g/mol. The number of hydrogen-bond donors (Lipinski definition) is 1. The maximum absolute atomic E-state index is 6.09. The van der Waals surface area contributed by atoms with Crippen LogP contribution in [0.1, 0.15) is 24.5 Å². The van der Waals surface area contributed by atoms with E-state index >= 15 is 0 Å². The van der Waals surface area contributed by atoms with Crippen molar-refractivity contribution in [2.45, 2.75) is 25.0 Å². The van der Waals surface area contributed by atoms with Gasteiger partial charge >= 0.3 is 0 Å². The van der Waals surface area contributed by atoms with Crippen molar-refractivity contribution in [3.05, 3.63) is 18.0 Å². The van der Waals surface area contributed by atoms with E-state index in [1.54, 1.807) is 0 Å². The Kier molecular flexibility index (Phi) is 2.25. The summed E-state index contributed by atoms with van der Waals surface area (Å²) < 4.78 is 7.93. The van der Waals surface area contributed by atoms with Crippen molar-refractivity contribution in [1.82, 2.24) is 15.1 Å². The molecule has 3 rings (SSSR count). The Morgan fingerprint density at radius 2 is 2.33 bits per heavy atom. The first-order chi connectivity index (χ1) is 7.33. The minimum Gasteiger partial charge on any atom is -0.367 e. The molecule has 1 saturated heterocycles. The van der Waals surface area contributed by atoms with E-state index in [1.165, 1.54) is 18.4 Å². The molecular weight excluding hydrogens is 190 g/mol. The molecule has 2 aliphatic rings. The Morgan fingerprint density at radius 1 is 1.47 bits per heavy atom. The zero-order valence-electron chi connectivity index (χ0n) is 9.02. The monoisotopic (exact) mass is 207 g/mol. The van der Waals surface area contributed by atoms with Crippen LogP contribution in [0.2, 0.25) is 0 Å². The number of aromatic nitrogens is 2. The van der Waals surface area contributed by atoms with Gasteiger partial charge in [0.15, 0.2) is 0 Å². The van der Waals surface area contributed by atoms with E-state index in [-0.39, 0.29) is 6.10 Å². The second-order valence-corrected chi connectivity index (χ2v) is 4.61. The fraction of sp³-hybridized carbons (Fsp3) is 0.727. The predicted molar refractivity (Wildman–Crippen MR) is 56.4 cm³/mol. The standard InChI is InChI=1S/C11H17N3O/c1-14-7-9(4-13-14)11-6-12-5-10(15-11)8-2-3-8/h4,7-8,10-12H,2-3,5-6H2,1H3/t10-,11+/m0/s1. The Bertz CT molecular complexity index is 345. The number of aryl methyl sites for hydroxylation is 1. The van der Waals surface area contributed by atoms with Crippen LogP contribution in [0.3, 0.4) is 0 Å². The molecule has 82 valence electrons. The zero-order valence-corrected chi connectivity index (χ0v) is 9.02. The highest BCUT2D eigenvalue weighted by Crippen LogP contribution is 2.37. The van der Waals surface area contributed by atoms with Gasteiger partial charge in [-0.1, -0.05) is 0 Å². The largest absolute Gasteiger partial charge is 0.367 e. The molecule has 4 heteroatoms. The Hall–Kier alpha value is -0.870. The number of rotatable bonds is 2. The number of nitrogens with one attached hydrogen (secondary N) is 1. The van der Waals surface area contributed by atoms with Gasteiger partial charge in [0.1, 0.15) is 0 Å². The SMILES string of the molecule is Cn1cc([C@H]2CNC[C@@H](C3CC3)O2)cn1. The fourth-order valence-electron chi connectivity index (χ4n) is 2.21. The molecule has 2 fully saturated rings. The molecule has 1 aliphatic carbocycles. The van der Waals surface area contributed by atoms with Gasteiger partial charge in [-0.25, -0.2) is 0 Å². The second-order valence-electron chi connectivity index (χ2n) is 4.61. The molecule has 1 N–H and O–H groups in total. The van der Waals surface area contributed by atoms with Crippen molar-refractivity contribution in [3.8, 4) is 0 Å². The molecule has 1 saturated carbocycles. The van der Waals surface area contributed by atoms with Crippen LogP contribution in [-0.4, -0.2) is 29.0 Å². The third-order valence-electron chi connectivity index (χ3n) is 3.26. The normalized spacial score (nSPS) is 31.8. The Balaban J connectivity index is 1.70. The fourth-order valence-corrected chi connectivity index (χ4v) is 2.21. The van der Waals surface area contributed by atoms with E-state index in [0.29, 0.717) is 6.10 Å². The van der Waals surface area contributed by atoms with Gasteiger partial charge in [-0.15, -0.1) is 0 Å². The zero-order chi connectivity index (χ0) is 10.3. The molecule has 1 aromatic heterocycles. The first-order valence-corrected chi connectivity index (χ1v) is 5.67. The summed E-state index contributed by atoms with van der Waals surface area (Å²) in [6.07, 6.45) is 7.24. The maximum Gasteiger partial charge on any atom is 0.0984 e. The summed E-state index contributed by atoms with van der Waals surface area (Å²) in [5.41, 5.74) is 1.19. The van der Waals surface area contributed by atoms with Crippen LogP contribution in [0.25, 0.3) is 0 Å². The van der Waals surface area contributed by atoms with Crippen LogP contribution >= 0.6 is 0 Å². The van der Waals surface area contributed by atoms with Gasteiger partial charge in [-0.3, -0.25) is 4.68 Å². The minimum absolute atomic E-state index is 0.193. The van der Waals surface area contributed by atoms with Gasteiger partial charge in [0, 0.05) is 31.9 Å². The predicted octanol–water partition coefficient (Wildman–Crippen LogP) is 0.860. The first-order valence-electron chi connectivity index (χ1n) is 5.67. The molecule has 0 amide bonds. The molecule has 0 radical (unpaired) electrons. The lowest BCUT2D eigenvalue weighted by molar-refractivity contribution is -0.0493. The second kappa shape index (κ2) is 3.61. The molecular formula is C11H17N3O. The summed E-state index contributed by atoms with van der Waals surface area (Å²) in [6.45, 7) is 1.93. The van der Waals surface area contributed by atoms with Crippen LogP contribution in [0, 0.1) is 5.92 Å². The van der Waals surface area contributed by atoms with Crippen molar-refractivity contribution in [1.29, 1.82) is 0 Å². The number of ether oxygens (including phenoxy) is 1. The van der Waals surface area contributed by atoms with E-state index in [2.05, 4.69) is 10.4 Å². The minimum atomic E-state index is 0.193. The molecule has 0 unspecified atom stereocenters. The lowest BCUT2D eigenvalue weighted by Crippen LogP contribution is -2.41. The summed E-state index contributed by atoms with van der Waals surface area (Å²) in [7, 11) is 1.94. The molecule has 0 spiro atoms. The third-order valence-corrected chi connectivity index (χ3v) is 3.26. The van der Waals surface area contributed by atoms with Crippen LogP contribution < -0.4 is 5.32 Å². The number of morpholine rings is 1. The molecule has 2 atom stereocenters. The van der Waals surface area contributed by atoms with Crippen LogP contribution in [-0.2, 0) is 11.8 Å². The summed E-state index contributed by atoms with van der Waals surface area (Å²) in [5, 5.41) is 7.64. The molecule has 1 aromatic rings. The van der Waals surface area contributed by atoms with Crippen molar-refractivity contribution < 1.29 is 4.74 Å². The van der Waals surface area contributed by atoms with Gasteiger partial charge in [0.2, 0.25) is 0 Å². The lowest BCUT2D eigenvalue weighted by Gasteiger charge is -2.30. The van der Waals surface area contributed by atoms with Crippen molar-refractivity contribution in [2.75, 3.05) is 13.1 Å². The lowest BCUT2D eigenvalue weighted by atomic mass is 10.1. The third kappa shape index (κ3) is 1.92. The molecule has 0 aromatic carbocycles. The van der Waals surface area contributed by atoms with E-state index in [1.807, 2.05) is 24.1 Å². The summed E-state index contributed by atoms with van der Waals surface area (Å²) in [4.78, 5) is 0. The number of nitrogens with zero attached hydrogens (tertiary/aromatic N) is 2. The average Bonchev–Trinajstić information content (AvgIpc) is 3.02.